The molecule has 0 aliphatic carbocycles. The predicted molar refractivity (Wildman–Crippen MR) is 121 cm³/mol. The Kier molecular flexibility index (Phi) is 7.59. The maximum Gasteiger partial charge on any atom is 0.325 e. The van der Waals surface area contributed by atoms with Gasteiger partial charge in [0.15, 0.2) is 11.5 Å². The number of hydrogen-bond donors (Lipinski definition) is 0. The van der Waals surface area contributed by atoms with Gasteiger partial charge in [0.25, 0.3) is 11.6 Å². The predicted octanol–water partition coefficient (Wildman–Crippen LogP) is 4.00. The van der Waals surface area contributed by atoms with Gasteiger partial charge in [0, 0.05) is 11.8 Å². The molecule has 3 aromatic carbocycles. The zero-order chi connectivity index (χ0) is 23.8. The van der Waals surface area contributed by atoms with Crippen molar-refractivity contribution in [2.24, 2.45) is 0 Å². The molecule has 0 fully saturated rings. The number of hydrogen-bond acceptors (Lipinski definition) is 7. The van der Waals surface area contributed by atoms with Crippen LogP contribution in [0.3, 0.4) is 0 Å². The van der Waals surface area contributed by atoms with Gasteiger partial charge in [-0.25, -0.2) is 0 Å². The average molecular weight is 450 g/mol. The molecule has 0 saturated carbocycles. The molecule has 0 radical (unpaired) electrons. The molecule has 0 heterocycles. The van der Waals surface area contributed by atoms with Gasteiger partial charge >= 0.3 is 5.97 Å². The summed E-state index contributed by atoms with van der Waals surface area (Å²) in [7, 11) is 2.56. The number of para-hydroxylation sites is 1. The van der Waals surface area contributed by atoms with E-state index in [-0.39, 0.29) is 23.7 Å². The summed E-state index contributed by atoms with van der Waals surface area (Å²) in [4.78, 5) is 37.6. The van der Waals surface area contributed by atoms with Gasteiger partial charge in [0.05, 0.1) is 25.2 Å². The standard InChI is InChI=1S/C24H22N2O7/c1-31-21-13-19(24(28)25(15-23(27)32-2)18-11-7-4-8-12-18)20(26(29)30)14-22(21)33-16-17-9-5-3-6-10-17/h3-14H,15-16H2,1-2H3. The minimum atomic E-state index is -0.758. The number of methoxy groups -OCH3 is 2. The summed E-state index contributed by atoms with van der Waals surface area (Å²) in [6.07, 6.45) is 0. The van der Waals surface area contributed by atoms with Crippen molar-refractivity contribution in [1.29, 1.82) is 0 Å². The molecule has 0 bridgehead atoms. The molecular weight excluding hydrogens is 428 g/mol. The van der Waals surface area contributed by atoms with Crippen molar-refractivity contribution in [2.45, 2.75) is 6.61 Å². The van der Waals surface area contributed by atoms with E-state index in [1.165, 1.54) is 20.3 Å². The number of nitro groups is 1. The van der Waals surface area contributed by atoms with Crippen molar-refractivity contribution in [1.82, 2.24) is 0 Å². The van der Waals surface area contributed by atoms with Crippen LogP contribution in [-0.4, -0.2) is 37.6 Å². The third-order valence-electron chi connectivity index (χ3n) is 4.77. The van der Waals surface area contributed by atoms with Gasteiger partial charge < -0.3 is 14.2 Å². The summed E-state index contributed by atoms with van der Waals surface area (Å²) in [6, 6.07) is 20.0. The van der Waals surface area contributed by atoms with Crippen LogP contribution in [0.2, 0.25) is 0 Å². The Morgan fingerprint density at radius 2 is 1.58 bits per heavy atom. The fourth-order valence-electron chi connectivity index (χ4n) is 3.11. The van der Waals surface area contributed by atoms with Crippen LogP contribution in [0.5, 0.6) is 11.5 Å². The molecule has 0 unspecified atom stereocenters. The fraction of sp³-hybridized carbons (Fsp3) is 0.167. The van der Waals surface area contributed by atoms with Gasteiger partial charge in [0.1, 0.15) is 18.7 Å². The number of nitro benzene ring substituents is 1. The van der Waals surface area contributed by atoms with Crippen molar-refractivity contribution in [3.05, 3.63) is 94.0 Å². The van der Waals surface area contributed by atoms with Crippen LogP contribution < -0.4 is 14.4 Å². The van der Waals surface area contributed by atoms with Crippen molar-refractivity contribution < 1.29 is 28.7 Å². The van der Waals surface area contributed by atoms with Crippen molar-refractivity contribution in [3.8, 4) is 11.5 Å². The number of ether oxygens (including phenoxy) is 3. The summed E-state index contributed by atoms with van der Waals surface area (Å²) in [6.45, 7) is -0.273. The van der Waals surface area contributed by atoms with Crippen LogP contribution in [0.25, 0.3) is 0 Å². The largest absolute Gasteiger partial charge is 0.493 e. The van der Waals surface area contributed by atoms with Gasteiger partial charge in [-0.05, 0) is 17.7 Å². The number of nitrogens with zero attached hydrogens (tertiary/aromatic N) is 2. The van der Waals surface area contributed by atoms with Gasteiger partial charge in [-0.2, -0.15) is 0 Å². The van der Waals surface area contributed by atoms with Crippen LogP contribution in [0, 0.1) is 10.1 Å². The van der Waals surface area contributed by atoms with E-state index in [0.29, 0.717) is 5.69 Å². The topological polar surface area (TPSA) is 108 Å². The first kappa shape index (κ1) is 23.3. The fourth-order valence-corrected chi connectivity index (χ4v) is 3.11. The average Bonchev–Trinajstić information content (AvgIpc) is 2.85. The van der Waals surface area contributed by atoms with Crippen LogP contribution in [0.4, 0.5) is 11.4 Å². The van der Waals surface area contributed by atoms with Gasteiger partial charge in [-0.3, -0.25) is 24.6 Å². The second-order valence-corrected chi connectivity index (χ2v) is 6.85. The molecule has 0 N–H and O–H groups in total. The van der Waals surface area contributed by atoms with Crippen LogP contribution >= 0.6 is 0 Å². The number of rotatable bonds is 9. The van der Waals surface area contributed by atoms with Crippen LogP contribution in [0.1, 0.15) is 15.9 Å². The molecule has 1 amide bonds. The molecule has 33 heavy (non-hydrogen) atoms. The number of benzene rings is 3. The minimum Gasteiger partial charge on any atom is -0.493 e. The molecule has 9 nitrogen and oxygen atoms in total. The number of anilines is 1. The van der Waals surface area contributed by atoms with E-state index in [9.17, 15) is 19.7 Å². The first-order chi connectivity index (χ1) is 15.9. The molecule has 0 atom stereocenters. The first-order valence-corrected chi connectivity index (χ1v) is 9.91. The van der Waals surface area contributed by atoms with Crippen molar-refractivity contribution in [2.75, 3.05) is 25.7 Å². The second kappa shape index (κ2) is 10.8. The molecule has 170 valence electrons. The molecular formula is C24H22N2O7. The summed E-state index contributed by atoms with van der Waals surface area (Å²) in [5, 5.41) is 11.8. The number of amides is 1. The molecule has 3 rings (SSSR count). The lowest BCUT2D eigenvalue weighted by atomic mass is 10.1. The molecule has 0 aliphatic rings. The zero-order valence-electron chi connectivity index (χ0n) is 18.1. The van der Waals surface area contributed by atoms with E-state index in [4.69, 9.17) is 14.2 Å². The van der Waals surface area contributed by atoms with Gasteiger partial charge in [0.2, 0.25) is 0 Å². The molecule has 0 aliphatic heterocycles. The molecule has 3 aromatic rings. The quantitative estimate of drug-likeness (QED) is 0.275. The third kappa shape index (κ3) is 5.65. The maximum absolute atomic E-state index is 13.4. The van der Waals surface area contributed by atoms with Crippen molar-refractivity contribution in [3.63, 3.8) is 0 Å². The van der Waals surface area contributed by atoms with E-state index < -0.39 is 29.0 Å². The Labute approximate surface area is 190 Å². The van der Waals surface area contributed by atoms with E-state index in [2.05, 4.69) is 0 Å². The lowest BCUT2D eigenvalue weighted by molar-refractivity contribution is -0.385. The highest BCUT2D eigenvalue weighted by Crippen LogP contribution is 2.36. The first-order valence-electron chi connectivity index (χ1n) is 9.91. The Morgan fingerprint density at radius 3 is 2.15 bits per heavy atom. The van der Waals surface area contributed by atoms with E-state index >= 15 is 0 Å². The lowest BCUT2D eigenvalue weighted by Gasteiger charge is -2.22. The maximum atomic E-state index is 13.4. The Hall–Kier alpha value is -4.40. The van der Waals surface area contributed by atoms with Crippen LogP contribution in [-0.2, 0) is 16.1 Å². The van der Waals surface area contributed by atoms with Crippen LogP contribution in [0.15, 0.2) is 72.8 Å². The smallest absolute Gasteiger partial charge is 0.325 e. The normalized spacial score (nSPS) is 10.2. The number of esters is 1. The SMILES string of the molecule is COC(=O)CN(C(=O)c1cc(OC)c(OCc2ccccc2)cc1[N+](=O)[O-])c1ccccc1. The second-order valence-electron chi connectivity index (χ2n) is 6.85. The summed E-state index contributed by atoms with van der Waals surface area (Å²) >= 11 is 0. The third-order valence-corrected chi connectivity index (χ3v) is 4.77. The summed E-state index contributed by atoms with van der Waals surface area (Å²) in [5.74, 6) is -1.18. The zero-order valence-corrected chi connectivity index (χ0v) is 18.1. The number of carbonyl (C=O) groups excluding carboxylic acids is 2. The van der Waals surface area contributed by atoms with E-state index in [0.717, 1.165) is 16.5 Å². The summed E-state index contributed by atoms with van der Waals surface area (Å²) in [5.41, 5.74) is 0.507. The van der Waals surface area contributed by atoms with E-state index in [1.54, 1.807) is 30.3 Å². The summed E-state index contributed by atoms with van der Waals surface area (Å²) < 4.78 is 15.8. The number of carbonyl (C=O) groups is 2. The highest BCUT2D eigenvalue weighted by molar-refractivity contribution is 6.11. The minimum absolute atomic E-state index is 0.115. The molecule has 0 aromatic heterocycles. The van der Waals surface area contributed by atoms with Gasteiger partial charge in [-0.15, -0.1) is 0 Å². The molecule has 9 heteroatoms. The Morgan fingerprint density at radius 1 is 0.939 bits per heavy atom. The highest BCUT2D eigenvalue weighted by Gasteiger charge is 2.30. The monoisotopic (exact) mass is 450 g/mol. The van der Waals surface area contributed by atoms with Gasteiger partial charge in [-0.1, -0.05) is 48.5 Å². The van der Waals surface area contributed by atoms with E-state index in [1.807, 2.05) is 30.3 Å². The van der Waals surface area contributed by atoms with Crippen molar-refractivity contribution >= 4 is 23.3 Å². The Balaban J connectivity index is 2.01. The molecule has 0 saturated heterocycles. The highest BCUT2D eigenvalue weighted by atomic mass is 16.6. The molecule has 0 spiro atoms. The Bertz CT molecular complexity index is 1130. The lowest BCUT2D eigenvalue weighted by Crippen LogP contribution is -2.36.